The molecule has 0 aliphatic rings. The summed E-state index contributed by atoms with van der Waals surface area (Å²) in [5.74, 6) is 1.32. The summed E-state index contributed by atoms with van der Waals surface area (Å²) in [6.45, 7) is 0. The highest BCUT2D eigenvalue weighted by Gasteiger charge is 2.07. The average molecular weight is 205 g/mol. The van der Waals surface area contributed by atoms with Gasteiger partial charge in [-0.3, -0.25) is 0 Å². The standard InChI is InChI=1S/C9H11N5O/c1-14-9(11-12-13-14)6-3-4-8(15-2)7(10)5-6/h3-5H,10H2,1-2H3. The number of benzene rings is 1. The Morgan fingerprint density at radius 2 is 2.20 bits per heavy atom. The average Bonchev–Trinajstić information content (AvgIpc) is 2.64. The maximum atomic E-state index is 5.79. The van der Waals surface area contributed by atoms with Crippen molar-refractivity contribution >= 4 is 5.69 Å². The number of methoxy groups -OCH3 is 1. The van der Waals surface area contributed by atoms with Crippen LogP contribution in [0.25, 0.3) is 11.4 Å². The Balaban J connectivity index is 2.47. The molecule has 1 heterocycles. The zero-order chi connectivity index (χ0) is 10.8. The van der Waals surface area contributed by atoms with E-state index in [-0.39, 0.29) is 0 Å². The third-order valence-corrected chi connectivity index (χ3v) is 2.11. The second kappa shape index (κ2) is 3.56. The molecule has 0 bridgehead atoms. The highest BCUT2D eigenvalue weighted by molar-refractivity contribution is 5.66. The smallest absolute Gasteiger partial charge is 0.181 e. The summed E-state index contributed by atoms with van der Waals surface area (Å²) in [6, 6.07) is 5.44. The largest absolute Gasteiger partial charge is 0.495 e. The number of hydrogen-bond acceptors (Lipinski definition) is 5. The number of nitrogen functional groups attached to an aromatic ring is 1. The molecule has 6 heteroatoms. The Labute approximate surface area is 86.7 Å². The number of aromatic nitrogens is 4. The third kappa shape index (κ3) is 1.61. The summed E-state index contributed by atoms with van der Waals surface area (Å²) in [6.07, 6.45) is 0. The SMILES string of the molecule is COc1ccc(-c2nnnn2C)cc1N. The van der Waals surface area contributed by atoms with Crippen LogP contribution in [-0.4, -0.2) is 27.3 Å². The molecule has 0 unspecified atom stereocenters. The Kier molecular flexibility index (Phi) is 2.24. The van der Waals surface area contributed by atoms with Crippen LogP contribution in [0.1, 0.15) is 0 Å². The van der Waals surface area contributed by atoms with Crippen molar-refractivity contribution in [2.45, 2.75) is 0 Å². The Morgan fingerprint density at radius 1 is 1.40 bits per heavy atom. The van der Waals surface area contributed by atoms with E-state index in [4.69, 9.17) is 10.5 Å². The van der Waals surface area contributed by atoms with Crippen LogP contribution in [0.15, 0.2) is 18.2 Å². The summed E-state index contributed by atoms with van der Waals surface area (Å²) in [4.78, 5) is 0. The first-order valence-corrected chi connectivity index (χ1v) is 4.38. The van der Waals surface area contributed by atoms with Crippen molar-refractivity contribution in [2.24, 2.45) is 7.05 Å². The minimum Gasteiger partial charge on any atom is -0.495 e. The van der Waals surface area contributed by atoms with Crippen LogP contribution in [0.3, 0.4) is 0 Å². The van der Waals surface area contributed by atoms with Crippen LogP contribution >= 0.6 is 0 Å². The van der Waals surface area contributed by atoms with E-state index in [1.807, 2.05) is 6.07 Å². The molecule has 0 saturated carbocycles. The van der Waals surface area contributed by atoms with Gasteiger partial charge in [-0.2, -0.15) is 0 Å². The molecule has 0 amide bonds. The molecule has 2 rings (SSSR count). The quantitative estimate of drug-likeness (QED) is 0.721. The zero-order valence-corrected chi connectivity index (χ0v) is 8.51. The predicted molar refractivity (Wildman–Crippen MR) is 55.2 cm³/mol. The van der Waals surface area contributed by atoms with Gasteiger partial charge in [0, 0.05) is 12.6 Å². The van der Waals surface area contributed by atoms with E-state index in [0.29, 0.717) is 17.3 Å². The number of anilines is 1. The van der Waals surface area contributed by atoms with E-state index in [2.05, 4.69) is 15.5 Å². The van der Waals surface area contributed by atoms with Crippen molar-refractivity contribution in [2.75, 3.05) is 12.8 Å². The van der Waals surface area contributed by atoms with Crippen LogP contribution < -0.4 is 10.5 Å². The number of rotatable bonds is 2. The lowest BCUT2D eigenvalue weighted by molar-refractivity contribution is 0.417. The van der Waals surface area contributed by atoms with Crippen molar-refractivity contribution in [3.63, 3.8) is 0 Å². The molecule has 6 nitrogen and oxygen atoms in total. The first-order chi connectivity index (χ1) is 7.22. The molecule has 15 heavy (non-hydrogen) atoms. The van der Waals surface area contributed by atoms with Crippen molar-refractivity contribution in [3.8, 4) is 17.1 Å². The lowest BCUT2D eigenvalue weighted by Gasteiger charge is -2.05. The molecule has 0 aliphatic heterocycles. The summed E-state index contributed by atoms with van der Waals surface area (Å²) in [5, 5.41) is 11.2. The lowest BCUT2D eigenvalue weighted by Crippen LogP contribution is -1.97. The van der Waals surface area contributed by atoms with Crippen LogP contribution in [-0.2, 0) is 7.05 Å². The third-order valence-electron chi connectivity index (χ3n) is 2.11. The van der Waals surface area contributed by atoms with E-state index >= 15 is 0 Å². The molecular weight excluding hydrogens is 194 g/mol. The first-order valence-electron chi connectivity index (χ1n) is 4.38. The van der Waals surface area contributed by atoms with Gasteiger partial charge in [0.2, 0.25) is 0 Å². The number of hydrogen-bond donors (Lipinski definition) is 1. The molecule has 1 aromatic heterocycles. The summed E-state index contributed by atoms with van der Waals surface area (Å²) >= 11 is 0. The minimum atomic E-state index is 0.568. The number of nitrogens with zero attached hydrogens (tertiary/aromatic N) is 4. The van der Waals surface area contributed by atoms with Crippen molar-refractivity contribution in [1.82, 2.24) is 20.2 Å². The monoisotopic (exact) mass is 205 g/mol. The van der Waals surface area contributed by atoms with E-state index in [1.165, 1.54) is 0 Å². The molecule has 2 aromatic rings. The number of tetrazole rings is 1. The maximum absolute atomic E-state index is 5.79. The van der Waals surface area contributed by atoms with Gasteiger partial charge < -0.3 is 10.5 Å². The van der Waals surface area contributed by atoms with Crippen molar-refractivity contribution < 1.29 is 4.74 Å². The molecule has 0 fully saturated rings. The van der Waals surface area contributed by atoms with Gasteiger partial charge in [0.1, 0.15) is 5.75 Å². The van der Waals surface area contributed by atoms with Gasteiger partial charge in [0.15, 0.2) is 5.82 Å². The van der Waals surface area contributed by atoms with E-state index in [9.17, 15) is 0 Å². The molecule has 0 atom stereocenters. The van der Waals surface area contributed by atoms with E-state index < -0.39 is 0 Å². The van der Waals surface area contributed by atoms with Crippen molar-refractivity contribution in [3.05, 3.63) is 18.2 Å². The van der Waals surface area contributed by atoms with Crippen LogP contribution in [0, 0.1) is 0 Å². The van der Waals surface area contributed by atoms with Gasteiger partial charge in [0.25, 0.3) is 0 Å². The molecule has 0 spiro atoms. The van der Waals surface area contributed by atoms with E-state index in [1.54, 1.807) is 31.0 Å². The molecule has 78 valence electrons. The fourth-order valence-corrected chi connectivity index (χ4v) is 1.35. The molecule has 1 aromatic carbocycles. The van der Waals surface area contributed by atoms with Gasteiger partial charge in [-0.15, -0.1) is 5.10 Å². The summed E-state index contributed by atoms with van der Waals surface area (Å²) < 4.78 is 6.65. The fraction of sp³-hybridized carbons (Fsp3) is 0.222. The Hall–Kier alpha value is -2.11. The lowest BCUT2D eigenvalue weighted by atomic mass is 10.2. The number of aryl methyl sites for hydroxylation is 1. The fourth-order valence-electron chi connectivity index (χ4n) is 1.35. The topological polar surface area (TPSA) is 78.9 Å². The van der Waals surface area contributed by atoms with Gasteiger partial charge in [0.05, 0.1) is 12.8 Å². The molecule has 0 saturated heterocycles. The Bertz CT molecular complexity index is 479. The van der Waals surface area contributed by atoms with Gasteiger partial charge in [-0.25, -0.2) is 4.68 Å². The normalized spacial score (nSPS) is 10.3. The second-order valence-electron chi connectivity index (χ2n) is 3.08. The van der Waals surface area contributed by atoms with Gasteiger partial charge >= 0.3 is 0 Å². The van der Waals surface area contributed by atoms with Crippen molar-refractivity contribution in [1.29, 1.82) is 0 Å². The molecule has 0 aliphatic carbocycles. The van der Waals surface area contributed by atoms with Gasteiger partial charge in [-0.1, -0.05) is 0 Å². The molecule has 2 N–H and O–H groups in total. The highest BCUT2D eigenvalue weighted by atomic mass is 16.5. The number of nitrogens with two attached hydrogens (primary N) is 1. The summed E-state index contributed by atoms with van der Waals surface area (Å²) in [5.41, 5.74) is 7.21. The second-order valence-corrected chi connectivity index (χ2v) is 3.08. The number of ether oxygens (including phenoxy) is 1. The Morgan fingerprint density at radius 3 is 2.73 bits per heavy atom. The summed E-state index contributed by atoms with van der Waals surface area (Å²) in [7, 11) is 3.35. The molecular formula is C9H11N5O. The molecule has 0 radical (unpaired) electrons. The van der Waals surface area contributed by atoms with Crippen LogP contribution in [0.4, 0.5) is 5.69 Å². The zero-order valence-electron chi connectivity index (χ0n) is 8.51. The first kappa shape index (κ1) is 9.45. The predicted octanol–water partition coefficient (Wildman–Crippen LogP) is 0.468. The van der Waals surface area contributed by atoms with Crippen LogP contribution in [0.5, 0.6) is 5.75 Å². The highest BCUT2D eigenvalue weighted by Crippen LogP contribution is 2.26. The van der Waals surface area contributed by atoms with Crippen LogP contribution in [0.2, 0.25) is 0 Å². The van der Waals surface area contributed by atoms with Gasteiger partial charge in [-0.05, 0) is 28.6 Å². The van der Waals surface area contributed by atoms with E-state index in [0.717, 1.165) is 5.56 Å². The maximum Gasteiger partial charge on any atom is 0.181 e. The minimum absolute atomic E-state index is 0.568.